The molecule has 13 heteroatoms. The molecule has 0 fully saturated rings. The summed E-state index contributed by atoms with van der Waals surface area (Å²) < 4.78 is 124. The maximum atomic E-state index is 13.4. The van der Waals surface area contributed by atoms with Crippen molar-refractivity contribution in [1.29, 1.82) is 0 Å². The third-order valence-corrected chi connectivity index (χ3v) is 6.18. The molecule has 0 aromatic carbocycles. The van der Waals surface area contributed by atoms with Crippen molar-refractivity contribution in [2.24, 2.45) is 0 Å². The van der Waals surface area contributed by atoms with E-state index < -0.39 is 44.3 Å². The molecule has 0 bridgehead atoms. The van der Waals surface area contributed by atoms with Gasteiger partial charge >= 0.3 is 31.8 Å². The smallest absolute Gasteiger partial charge is 0.383 e. The van der Waals surface area contributed by atoms with Crippen LogP contribution in [0.2, 0.25) is 6.04 Å². The summed E-state index contributed by atoms with van der Waals surface area (Å²) in [4.78, 5) is 0. The maximum Gasteiger partial charge on any atom is 0.460 e. The highest BCUT2D eigenvalue weighted by molar-refractivity contribution is 7.12. The van der Waals surface area contributed by atoms with Crippen molar-refractivity contribution in [2.45, 2.75) is 50.3 Å². The fourth-order valence-corrected chi connectivity index (χ4v) is 4.27. The van der Waals surface area contributed by atoms with E-state index in [4.69, 9.17) is 19.9 Å². The number of hydrogen-bond acceptors (Lipinski definition) is 2. The van der Waals surface area contributed by atoms with Crippen LogP contribution >= 0.6 is 11.1 Å². The van der Waals surface area contributed by atoms with Gasteiger partial charge in [0.1, 0.15) is 0 Å². The van der Waals surface area contributed by atoms with E-state index in [0.29, 0.717) is 0 Å². The maximum absolute atomic E-state index is 13.4. The largest absolute Gasteiger partial charge is 0.460 e. The highest BCUT2D eigenvalue weighted by Gasteiger charge is 2.81. The summed E-state index contributed by atoms with van der Waals surface area (Å²) in [7, 11) is -3.91. The third-order valence-electron chi connectivity index (χ3n) is 2.67. The number of halogens is 10. The van der Waals surface area contributed by atoms with Gasteiger partial charge in [0.2, 0.25) is 0 Å². The van der Waals surface area contributed by atoms with Gasteiger partial charge in [0.05, 0.1) is 0 Å². The lowest BCUT2D eigenvalue weighted by atomic mass is 10.0. The lowest BCUT2D eigenvalue weighted by molar-refractivity contribution is -0.396. The molecule has 0 rings (SSSR count). The van der Waals surface area contributed by atoms with Crippen molar-refractivity contribution in [1.82, 2.24) is 0 Å². The van der Waals surface area contributed by atoms with Gasteiger partial charge in [-0.15, -0.1) is 0 Å². The molecule has 140 valence electrons. The van der Waals surface area contributed by atoms with Crippen LogP contribution in [0.4, 0.5) is 39.5 Å². The van der Waals surface area contributed by atoms with E-state index in [0.717, 1.165) is 0 Å². The summed E-state index contributed by atoms with van der Waals surface area (Å²) in [6.07, 6.45) is -8.89. The first-order valence-corrected chi connectivity index (χ1v) is 9.28. The van der Waals surface area contributed by atoms with E-state index in [-0.39, 0.29) is 13.2 Å². The topological polar surface area (TPSA) is 18.5 Å². The van der Waals surface area contributed by atoms with Crippen LogP contribution in [0.25, 0.3) is 0 Å². The zero-order valence-electron chi connectivity index (χ0n) is 11.9. The molecule has 0 aromatic rings. The molecule has 0 aliphatic carbocycles. The van der Waals surface area contributed by atoms with Gasteiger partial charge in [0.15, 0.2) is 0 Å². The normalized spacial score (nSPS) is 15.1. The molecule has 0 amide bonds. The van der Waals surface area contributed by atoms with Crippen LogP contribution < -0.4 is 0 Å². The predicted octanol–water partition coefficient (Wildman–Crippen LogP) is 5.10. The Balaban J connectivity index is 5.32. The first kappa shape index (κ1) is 22.8. The van der Waals surface area contributed by atoms with Crippen molar-refractivity contribution in [3.63, 3.8) is 0 Å². The molecule has 0 heterocycles. The van der Waals surface area contributed by atoms with Gasteiger partial charge in [-0.2, -0.15) is 39.5 Å². The molecule has 2 nitrogen and oxygen atoms in total. The summed E-state index contributed by atoms with van der Waals surface area (Å²) in [6, 6.07) is -1.10. The zero-order chi connectivity index (χ0) is 18.7. The second kappa shape index (κ2) is 7.36. The molecular formula is C10H14ClF9O2Si. The first-order chi connectivity index (χ1) is 10.1. The molecule has 0 spiro atoms. The van der Waals surface area contributed by atoms with Crippen LogP contribution in [0.1, 0.15) is 20.3 Å². The third kappa shape index (κ3) is 4.89. The molecule has 23 heavy (non-hydrogen) atoms. The Hall–Kier alpha value is -0.203. The van der Waals surface area contributed by atoms with Crippen LogP contribution in [-0.2, 0) is 8.85 Å². The van der Waals surface area contributed by atoms with E-state index in [2.05, 4.69) is 0 Å². The summed E-state index contributed by atoms with van der Waals surface area (Å²) in [5.41, 5.74) is 0. The van der Waals surface area contributed by atoms with Gasteiger partial charge in [0.25, 0.3) is 0 Å². The average Bonchev–Trinajstić information content (AvgIpc) is 2.35. The molecule has 0 saturated heterocycles. The Bertz CT molecular complexity index is 383. The summed E-state index contributed by atoms with van der Waals surface area (Å²) in [6.45, 7) is 2.48. The van der Waals surface area contributed by atoms with E-state index >= 15 is 0 Å². The van der Waals surface area contributed by atoms with Crippen molar-refractivity contribution < 1.29 is 48.4 Å². The second-order valence-corrected chi connectivity index (χ2v) is 8.50. The average molecular weight is 401 g/mol. The predicted molar refractivity (Wildman–Crippen MR) is 65.2 cm³/mol. The van der Waals surface area contributed by atoms with Gasteiger partial charge in [0, 0.05) is 25.7 Å². The summed E-state index contributed by atoms with van der Waals surface area (Å²) >= 11 is 5.71. The van der Waals surface area contributed by atoms with Crippen LogP contribution in [0.15, 0.2) is 0 Å². The fourth-order valence-electron chi connectivity index (χ4n) is 1.49. The van der Waals surface area contributed by atoms with Gasteiger partial charge in [-0.3, -0.25) is 0 Å². The minimum Gasteiger partial charge on any atom is -0.383 e. The SMILES string of the molecule is CCO[Si](Cl)(CCC(F)(F)C(F)(F)C(F)(F)C(F)(F)F)OCC. The van der Waals surface area contributed by atoms with Crippen LogP contribution in [0.3, 0.4) is 0 Å². The standard InChI is InChI=1S/C10H14ClF9O2Si/c1-3-21-23(11,22-4-2)6-5-7(12,13)8(14,15)9(16,17)10(18,19)20/h3-6H2,1-2H3. The highest BCUT2D eigenvalue weighted by atomic mass is 35.6. The Morgan fingerprint density at radius 1 is 0.783 bits per heavy atom. The Morgan fingerprint density at radius 2 is 1.17 bits per heavy atom. The second-order valence-electron chi connectivity index (χ2n) is 4.38. The molecule has 0 aromatic heterocycles. The molecule has 0 aliphatic heterocycles. The summed E-state index contributed by atoms with van der Waals surface area (Å²) in [5, 5.41) is 0. The van der Waals surface area contributed by atoms with Crippen molar-refractivity contribution >= 4 is 18.9 Å². The number of alkyl halides is 9. The molecular weight excluding hydrogens is 387 g/mol. The van der Waals surface area contributed by atoms with Crippen molar-refractivity contribution in [3.8, 4) is 0 Å². The molecule has 0 unspecified atom stereocenters. The van der Waals surface area contributed by atoms with E-state index in [1.807, 2.05) is 0 Å². The van der Waals surface area contributed by atoms with E-state index in [1.165, 1.54) is 13.8 Å². The van der Waals surface area contributed by atoms with Gasteiger partial charge < -0.3 is 8.85 Å². The molecule has 0 saturated carbocycles. The molecule has 0 radical (unpaired) electrons. The Labute approximate surface area is 131 Å². The van der Waals surface area contributed by atoms with Crippen molar-refractivity contribution in [3.05, 3.63) is 0 Å². The van der Waals surface area contributed by atoms with Crippen molar-refractivity contribution in [2.75, 3.05) is 13.2 Å². The van der Waals surface area contributed by atoms with Gasteiger partial charge in [-0.05, 0) is 13.8 Å². The highest BCUT2D eigenvalue weighted by Crippen LogP contribution is 2.54. The first-order valence-electron chi connectivity index (χ1n) is 6.25. The van der Waals surface area contributed by atoms with E-state index in [1.54, 1.807) is 0 Å². The molecule has 0 atom stereocenters. The Kier molecular flexibility index (Phi) is 7.29. The number of hydrogen-bond donors (Lipinski definition) is 0. The van der Waals surface area contributed by atoms with Crippen LogP contribution in [0, 0.1) is 0 Å². The lowest BCUT2D eigenvalue weighted by Crippen LogP contribution is -2.61. The fraction of sp³-hybridized carbons (Fsp3) is 1.00. The summed E-state index contributed by atoms with van der Waals surface area (Å²) in [5.74, 6) is -19.2. The zero-order valence-corrected chi connectivity index (χ0v) is 13.7. The van der Waals surface area contributed by atoms with Crippen LogP contribution in [0.5, 0.6) is 0 Å². The Morgan fingerprint density at radius 3 is 1.48 bits per heavy atom. The molecule has 0 N–H and O–H groups in total. The minimum absolute atomic E-state index is 0.142. The quantitative estimate of drug-likeness (QED) is 0.305. The monoisotopic (exact) mass is 400 g/mol. The van der Waals surface area contributed by atoms with Gasteiger partial charge in [-0.25, -0.2) is 0 Å². The molecule has 0 aliphatic rings. The minimum atomic E-state index is -6.91. The lowest BCUT2D eigenvalue weighted by Gasteiger charge is -2.34. The van der Waals surface area contributed by atoms with Gasteiger partial charge in [-0.1, -0.05) is 11.1 Å². The van der Waals surface area contributed by atoms with E-state index in [9.17, 15) is 39.5 Å². The number of rotatable bonds is 9. The van der Waals surface area contributed by atoms with Crippen LogP contribution in [-0.4, -0.2) is 45.0 Å².